The Balaban J connectivity index is 1.66. The van der Waals surface area contributed by atoms with Gasteiger partial charge in [-0.15, -0.1) is 0 Å². The largest absolute Gasteiger partial charge is 0.465 e. The third-order valence-electron chi connectivity index (χ3n) is 6.90. The Labute approximate surface area is 157 Å². The lowest BCUT2D eigenvalue weighted by atomic mass is 9.63. The van der Waals surface area contributed by atoms with Crippen LogP contribution in [0.1, 0.15) is 67.8 Å². The zero-order valence-electron chi connectivity index (χ0n) is 15.7. The van der Waals surface area contributed by atoms with Gasteiger partial charge < -0.3 is 9.30 Å². The minimum absolute atomic E-state index is 0.247. The van der Waals surface area contributed by atoms with Crippen LogP contribution in [0, 0.1) is 11.8 Å². The van der Waals surface area contributed by atoms with E-state index in [0.29, 0.717) is 34.7 Å². The first-order chi connectivity index (χ1) is 13.2. The zero-order valence-corrected chi connectivity index (χ0v) is 15.7. The molecule has 5 rings (SSSR count). The molecule has 27 heavy (non-hydrogen) atoms. The average molecular weight is 367 g/mol. The summed E-state index contributed by atoms with van der Waals surface area (Å²) in [5.74, 6) is 0.665. The molecule has 0 unspecified atom stereocenters. The highest BCUT2D eigenvalue weighted by Gasteiger charge is 2.42. The summed E-state index contributed by atoms with van der Waals surface area (Å²) in [6.07, 6.45) is 13.7. The number of aromatic nitrogens is 3. The molecule has 6 nitrogen and oxygen atoms in total. The first-order valence-corrected chi connectivity index (χ1v) is 10.1. The van der Waals surface area contributed by atoms with E-state index in [4.69, 9.17) is 4.74 Å². The van der Waals surface area contributed by atoms with E-state index < -0.39 is 5.97 Å². The first kappa shape index (κ1) is 16.8. The van der Waals surface area contributed by atoms with E-state index in [0.717, 1.165) is 0 Å². The number of aromatic amines is 1. The van der Waals surface area contributed by atoms with Gasteiger partial charge in [0.15, 0.2) is 0 Å². The van der Waals surface area contributed by atoms with Crippen molar-refractivity contribution in [1.29, 1.82) is 0 Å². The van der Waals surface area contributed by atoms with Gasteiger partial charge in [0, 0.05) is 24.4 Å². The molecule has 0 radical (unpaired) electrons. The van der Waals surface area contributed by atoms with Crippen LogP contribution >= 0.6 is 0 Å². The summed E-state index contributed by atoms with van der Waals surface area (Å²) in [5.41, 5.74) is 4.37. The second kappa shape index (κ2) is 6.36. The Bertz CT molecular complexity index is 954. The van der Waals surface area contributed by atoms with E-state index >= 15 is 0 Å². The highest BCUT2D eigenvalue weighted by Crippen LogP contribution is 2.53. The van der Waals surface area contributed by atoms with E-state index in [1.54, 1.807) is 11.1 Å². The van der Waals surface area contributed by atoms with Crippen LogP contribution in [0.15, 0.2) is 28.3 Å². The van der Waals surface area contributed by atoms with Crippen molar-refractivity contribution in [2.24, 2.45) is 11.8 Å². The fourth-order valence-electron chi connectivity index (χ4n) is 5.80. The van der Waals surface area contributed by atoms with Gasteiger partial charge in [0.25, 0.3) is 5.56 Å². The molecule has 3 atom stereocenters. The SMILES string of the molecule is COC(=O)c1cn([C@@H]2[C@H]3CCC[C@H]2C2=C(CCCC2)C3)cc2c(=O)[nH]nc1-2. The standard InChI is InChI=1S/C21H25N3O3/c1-27-21(26)17-11-24(10-16-18(17)22-23-20(16)25)19-13-6-4-8-15(19)14-7-3-2-5-12(14)9-13/h10-11,13,15,19H,2-9H2,1H3,(H,23,25)/t13-,15-,19+/m0/s1. The summed E-state index contributed by atoms with van der Waals surface area (Å²) >= 11 is 0. The van der Waals surface area contributed by atoms with Gasteiger partial charge in [-0.1, -0.05) is 17.6 Å². The fraction of sp³-hybridized carbons (Fsp3) is 0.571. The molecule has 6 heteroatoms. The van der Waals surface area contributed by atoms with Gasteiger partial charge in [-0.2, -0.15) is 5.10 Å². The van der Waals surface area contributed by atoms with Crippen LogP contribution < -0.4 is 5.56 Å². The number of pyridine rings is 1. The van der Waals surface area contributed by atoms with Gasteiger partial charge in [0.2, 0.25) is 0 Å². The molecule has 0 aromatic rings. The number of rotatable bonds is 2. The van der Waals surface area contributed by atoms with Crippen molar-refractivity contribution in [2.45, 2.75) is 57.4 Å². The smallest absolute Gasteiger partial charge is 0.341 e. The van der Waals surface area contributed by atoms with Crippen molar-refractivity contribution in [3.63, 3.8) is 0 Å². The normalized spacial score (nSPS) is 27.5. The fourth-order valence-corrected chi connectivity index (χ4v) is 5.80. The van der Waals surface area contributed by atoms with Crippen LogP contribution in [0.5, 0.6) is 0 Å². The molecular weight excluding hydrogens is 342 g/mol. The van der Waals surface area contributed by atoms with E-state index in [1.165, 1.54) is 58.5 Å². The minimum atomic E-state index is -0.445. The first-order valence-electron chi connectivity index (χ1n) is 10.1. The highest BCUT2D eigenvalue weighted by molar-refractivity contribution is 5.95. The molecule has 2 heterocycles. The zero-order chi connectivity index (χ0) is 18.5. The summed E-state index contributed by atoms with van der Waals surface area (Å²) in [6.45, 7) is 0. The lowest BCUT2D eigenvalue weighted by Gasteiger charge is -2.47. The molecule has 2 aliphatic heterocycles. The summed E-state index contributed by atoms with van der Waals surface area (Å²) in [7, 11) is 1.37. The molecule has 1 N–H and O–H groups in total. The molecule has 5 aliphatic rings. The van der Waals surface area contributed by atoms with Crippen molar-refractivity contribution in [3.05, 3.63) is 39.5 Å². The van der Waals surface area contributed by atoms with E-state index in [-0.39, 0.29) is 5.56 Å². The number of carbonyl (C=O) groups excluding carboxylic acids is 1. The molecule has 2 bridgehead atoms. The van der Waals surface area contributed by atoms with Crippen LogP contribution in [0.25, 0.3) is 11.3 Å². The van der Waals surface area contributed by atoms with E-state index in [9.17, 15) is 9.59 Å². The Kier molecular flexibility index (Phi) is 3.95. The van der Waals surface area contributed by atoms with Crippen LogP contribution in [-0.2, 0) is 4.74 Å². The number of hydrogen-bond acceptors (Lipinski definition) is 4. The lowest BCUT2D eigenvalue weighted by molar-refractivity contribution is 0.0598. The van der Waals surface area contributed by atoms with E-state index in [2.05, 4.69) is 14.8 Å². The number of methoxy groups -OCH3 is 1. The molecule has 0 amide bonds. The molecule has 1 saturated carbocycles. The van der Waals surface area contributed by atoms with Crippen molar-refractivity contribution in [2.75, 3.05) is 7.11 Å². The van der Waals surface area contributed by atoms with Gasteiger partial charge >= 0.3 is 5.97 Å². The number of esters is 1. The Hall–Kier alpha value is -2.37. The summed E-state index contributed by atoms with van der Waals surface area (Å²) in [4.78, 5) is 24.6. The quantitative estimate of drug-likeness (QED) is 0.649. The van der Waals surface area contributed by atoms with Crippen molar-refractivity contribution in [1.82, 2.24) is 14.8 Å². The Morgan fingerprint density at radius 1 is 1.22 bits per heavy atom. The number of fused-ring (bicyclic) bond motifs is 4. The maximum absolute atomic E-state index is 12.3. The van der Waals surface area contributed by atoms with Gasteiger partial charge in [-0.3, -0.25) is 4.79 Å². The molecule has 0 aromatic carbocycles. The molecular formula is C21H25N3O3. The lowest BCUT2D eigenvalue weighted by Crippen LogP contribution is -2.37. The predicted molar refractivity (Wildman–Crippen MR) is 101 cm³/mol. The number of nitrogens with zero attached hydrogens (tertiary/aromatic N) is 2. The summed E-state index contributed by atoms with van der Waals surface area (Å²) in [6, 6.07) is 0.317. The minimum Gasteiger partial charge on any atom is -0.465 e. The van der Waals surface area contributed by atoms with E-state index in [1.807, 2.05) is 12.4 Å². The number of carbonyl (C=O) groups is 1. The highest BCUT2D eigenvalue weighted by atomic mass is 16.5. The second-order valence-corrected chi connectivity index (χ2v) is 8.25. The van der Waals surface area contributed by atoms with Crippen LogP contribution in [0.4, 0.5) is 0 Å². The number of allylic oxidation sites excluding steroid dienone is 2. The number of ether oxygens (including phenoxy) is 1. The number of hydrogen-bond donors (Lipinski definition) is 1. The second-order valence-electron chi connectivity index (χ2n) is 8.25. The van der Waals surface area contributed by atoms with Gasteiger partial charge in [-0.25, -0.2) is 9.89 Å². The monoisotopic (exact) mass is 367 g/mol. The number of nitrogens with one attached hydrogen (secondary N) is 1. The molecule has 3 aliphatic carbocycles. The van der Waals surface area contributed by atoms with Gasteiger partial charge in [0.1, 0.15) is 11.3 Å². The molecule has 0 aromatic heterocycles. The third-order valence-corrected chi connectivity index (χ3v) is 6.90. The topological polar surface area (TPSA) is 77.0 Å². The van der Waals surface area contributed by atoms with Crippen LogP contribution in [0.3, 0.4) is 0 Å². The predicted octanol–water partition coefficient (Wildman–Crippen LogP) is 3.69. The number of H-pyrrole nitrogens is 1. The van der Waals surface area contributed by atoms with Crippen LogP contribution in [-0.4, -0.2) is 27.8 Å². The summed E-state index contributed by atoms with van der Waals surface area (Å²) < 4.78 is 7.10. The van der Waals surface area contributed by atoms with Crippen molar-refractivity contribution in [3.8, 4) is 11.3 Å². The Morgan fingerprint density at radius 2 is 2.07 bits per heavy atom. The molecule has 0 saturated heterocycles. The maximum atomic E-state index is 12.3. The molecule has 1 fully saturated rings. The molecule has 0 spiro atoms. The average Bonchev–Trinajstić information content (AvgIpc) is 3.07. The summed E-state index contributed by atoms with van der Waals surface area (Å²) in [5, 5.41) is 6.54. The van der Waals surface area contributed by atoms with Crippen molar-refractivity contribution >= 4 is 5.97 Å². The molecule has 142 valence electrons. The third kappa shape index (κ3) is 2.57. The van der Waals surface area contributed by atoms with Gasteiger partial charge in [-0.05, 0) is 50.9 Å². The van der Waals surface area contributed by atoms with Gasteiger partial charge in [0.05, 0.1) is 12.7 Å². The Morgan fingerprint density at radius 3 is 2.93 bits per heavy atom. The van der Waals surface area contributed by atoms with Crippen LogP contribution in [0.2, 0.25) is 0 Å². The van der Waals surface area contributed by atoms with Crippen molar-refractivity contribution < 1.29 is 9.53 Å². The maximum Gasteiger partial charge on any atom is 0.341 e.